The Morgan fingerprint density at radius 3 is 2.36 bits per heavy atom. The maximum atomic E-state index is 13.2. The molecule has 0 aromatic heterocycles. The molecule has 1 aromatic carbocycles. The van der Waals surface area contributed by atoms with Crippen LogP contribution in [-0.4, -0.2) is 50.3 Å². The summed E-state index contributed by atoms with van der Waals surface area (Å²) < 4.78 is 33.4. The fourth-order valence-corrected chi connectivity index (χ4v) is 6.19. The van der Waals surface area contributed by atoms with Gasteiger partial charge in [-0.25, -0.2) is 8.42 Å². The van der Waals surface area contributed by atoms with Crippen molar-refractivity contribution in [2.24, 2.45) is 11.8 Å². The molecule has 0 unspecified atom stereocenters. The van der Waals surface area contributed by atoms with Crippen LogP contribution in [-0.2, 0) is 19.6 Å². The topological polar surface area (TPSA) is 105 Å². The molecular formula is C24H37N3O5S. The van der Waals surface area contributed by atoms with Gasteiger partial charge in [-0.2, -0.15) is 4.31 Å². The molecule has 33 heavy (non-hydrogen) atoms. The van der Waals surface area contributed by atoms with E-state index in [0.717, 1.165) is 44.9 Å². The Morgan fingerprint density at radius 2 is 1.76 bits per heavy atom. The number of carbonyl (C=O) groups is 2. The first-order chi connectivity index (χ1) is 15.7. The van der Waals surface area contributed by atoms with E-state index in [2.05, 4.69) is 10.6 Å². The number of nitrogens with one attached hydrogen (secondary N) is 2. The molecule has 0 radical (unpaired) electrons. The van der Waals surface area contributed by atoms with Crippen LogP contribution < -0.4 is 15.4 Å². The minimum Gasteiger partial charge on any atom is -0.492 e. The summed E-state index contributed by atoms with van der Waals surface area (Å²) in [6, 6.07) is 3.96. The molecule has 2 aliphatic rings. The summed E-state index contributed by atoms with van der Waals surface area (Å²) in [5, 5.41) is 5.74. The standard InChI is InChI=1S/C24H37N3O5S/c1-4-32-20-13-12-19(16-21(20)33(30,31)27-14-8-9-15-27)25-24(29)22(17(2)3)26-23(28)18-10-6-5-7-11-18/h12-13,16-18,22H,4-11,14-15H2,1-3H3,(H,25,29)(H,26,28)/t22-/m0/s1. The lowest BCUT2D eigenvalue weighted by atomic mass is 9.88. The molecule has 0 spiro atoms. The number of benzene rings is 1. The van der Waals surface area contributed by atoms with Crippen LogP contribution in [0.3, 0.4) is 0 Å². The van der Waals surface area contributed by atoms with Crippen molar-refractivity contribution in [1.29, 1.82) is 0 Å². The average molecular weight is 480 g/mol. The molecule has 1 heterocycles. The van der Waals surface area contributed by atoms with Crippen molar-refractivity contribution in [2.45, 2.75) is 76.7 Å². The Hall–Kier alpha value is -2.13. The van der Waals surface area contributed by atoms with Gasteiger partial charge in [-0.05, 0) is 56.7 Å². The first kappa shape index (κ1) is 25.5. The molecule has 3 rings (SSSR count). The van der Waals surface area contributed by atoms with Crippen molar-refractivity contribution in [3.8, 4) is 5.75 Å². The number of anilines is 1. The molecule has 2 amide bonds. The van der Waals surface area contributed by atoms with Crippen LogP contribution >= 0.6 is 0 Å². The van der Waals surface area contributed by atoms with E-state index >= 15 is 0 Å². The van der Waals surface area contributed by atoms with Gasteiger partial charge in [0.25, 0.3) is 0 Å². The Balaban J connectivity index is 1.78. The maximum absolute atomic E-state index is 13.2. The van der Waals surface area contributed by atoms with Crippen molar-refractivity contribution < 1.29 is 22.7 Å². The molecule has 1 saturated carbocycles. The van der Waals surface area contributed by atoms with Crippen molar-refractivity contribution in [1.82, 2.24) is 9.62 Å². The van der Waals surface area contributed by atoms with Gasteiger partial charge in [0.2, 0.25) is 21.8 Å². The summed E-state index contributed by atoms with van der Waals surface area (Å²) in [6.07, 6.45) is 6.60. The van der Waals surface area contributed by atoms with Crippen molar-refractivity contribution >= 4 is 27.5 Å². The number of hydrogen-bond donors (Lipinski definition) is 2. The summed E-state index contributed by atoms with van der Waals surface area (Å²) in [5.41, 5.74) is 0.360. The molecule has 1 aliphatic heterocycles. The number of nitrogens with zero attached hydrogens (tertiary/aromatic N) is 1. The Morgan fingerprint density at radius 1 is 1.09 bits per heavy atom. The van der Waals surface area contributed by atoms with E-state index in [9.17, 15) is 18.0 Å². The number of ether oxygens (including phenoxy) is 1. The molecule has 184 valence electrons. The zero-order valence-corrected chi connectivity index (χ0v) is 20.7. The van der Waals surface area contributed by atoms with Gasteiger partial charge in [-0.15, -0.1) is 0 Å². The Labute approximate surface area is 197 Å². The Kier molecular flexibility index (Phi) is 8.75. The highest BCUT2D eigenvalue weighted by atomic mass is 32.2. The van der Waals surface area contributed by atoms with E-state index in [1.54, 1.807) is 19.1 Å². The lowest BCUT2D eigenvalue weighted by Crippen LogP contribution is -2.49. The maximum Gasteiger partial charge on any atom is 0.247 e. The average Bonchev–Trinajstić information content (AvgIpc) is 3.34. The summed E-state index contributed by atoms with van der Waals surface area (Å²) in [7, 11) is -3.73. The van der Waals surface area contributed by atoms with E-state index in [1.165, 1.54) is 10.4 Å². The summed E-state index contributed by atoms with van der Waals surface area (Å²) in [6.45, 7) is 6.85. The second kappa shape index (κ2) is 11.3. The second-order valence-electron chi connectivity index (χ2n) is 9.26. The second-order valence-corrected chi connectivity index (χ2v) is 11.2. The largest absolute Gasteiger partial charge is 0.492 e. The lowest BCUT2D eigenvalue weighted by Gasteiger charge is -2.26. The number of hydrogen-bond acceptors (Lipinski definition) is 5. The molecule has 1 aliphatic carbocycles. The van der Waals surface area contributed by atoms with Crippen LogP contribution in [0.2, 0.25) is 0 Å². The van der Waals surface area contributed by atoms with Gasteiger partial charge in [-0.3, -0.25) is 9.59 Å². The molecular weight excluding hydrogens is 442 g/mol. The van der Waals surface area contributed by atoms with Crippen molar-refractivity contribution in [3.05, 3.63) is 18.2 Å². The highest BCUT2D eigenvalue weighted by Crippen LogP contribution is 2.32. The molecule has 8 nitrogen and oxygen atoms in total. The number of rotatable bonds is 9. The number of amides is 2. The first-order valence-electron chi connectivity index (χ1n) is 12.1. The fraction of sp³-hybridized carbons (Fsp3) is 0.667. The van der Waals surface area contributed by atoms with E-state index in [1.807, 2.05) is 13.8 Å². The quantitative estimate of drug-likeness (QED) is 0.564. The molecule has 0 bridgehead atoms. The molecule has 1 atom stereocenters. The van der Waals surface area contributed by atoms with Gasteiger partial charge in [0.1, 0.15) is 16.7 Å². The van der Waals surface area contributed by atoms with Crippen molar-refractivity contribution in [3.63, 3.8) is 0 Å². The number of carbonyl (C=O) groups excluding carboxylic acids is 2. The van der Waals surface area contributed by atoms with E-state index in [-0.39, 0.29) is 34.3 Å². The predicted molar refractivity (Wildman–Crippen MR) is 128 cm³/mol. The summed E-state index contributed by atoms with van der Waals surface area (Å²) >= 11 is 0. The SMILES string of the molecule is CCOc1ccc(NC(=O)[C@@H](NC(=O)C2CCCCC2)C(C)C)cc1S(=O)(=O)N1CCCC1. The smallest absolute Gasteiger partial charge is 0.247 e. The van der Waals surface area contributed by atoms with E-state index in [0.29, 0.717) is 25.4 Å². The predicted octanol–water partition coefficient (Wildman–Crippen LogP) is 3.53. The van der Waals surface area contributed by atoms with E-state index in [4.69, 9.17) is 4.74 Å². The van der Waals surface area contributed by atoms with Crippen LogP contribution in [0.25, 0.3) is 0 Å². The van der Waals surface area contributed by atoms with Crippen LogP contribution in [0.15, 0.2) is 23.1 Å². The van der Waals surface area contributed by atoms with E-state index < -0.39 is 16.1 Å². The van der Waals surface area contributed by atoms with Gasteiger partial charge in [0.05, 0.1) is 6.61 Å². The minimum atomic E-state index is -3.73. The van der Waals surface area contributed by atoms with Gasteiger partial charge in [0.15, 0.2) is 0 Å². The third-order valence-corrected chi connectivity index (χ3v) is 8.34. The fourth-order valence-electron chi connectivity index (χ4n) is 4.52. The minimum absolute atomic E-state index is 0.0458. The Bertz CT molecular complexity index is 935. The highest BCUT2D eigenvalue weighted by molar-refractivity contribution is 7.89. The summed E-state index contributed by atoms with van der Waals surface area (Å²) in [4.78, 5) is 25.9. The third-order valence-electron chi connectivity index (χ3n) is 6.42. The van der Waals surface area contributed by atoms with Crippen LogP contribution in [0.4, 0.5) is 5.69 Å². The lowest BCUT2D eigenvalue weighted by molar-refractivity contribution is -0.130. The van der Waals surface area contributed by atoms with Gasteiger partial charge in [-0.1, -0.05) is 33.1 Å². The summed E-state index contributed by atoms with van der Waals surface area (Å²) in [5.74, 6) is -0.327. The molecule has 1 saturated heterocycles. The monoisotopic (exact) mass is 479 g/mol. The number of sulfonamides is 1. The molecule has 2 N–H and O–H groups in total. The van der Waals surface area contributed by atoms with Crippen LogP contribution in [0.1, 0.15) is 65.7 Å². The third kappa shape index (κ3) is 6.26. The molecule has 1 aromatic rings. The molecule has 2 fully saturated rings. The van der Waals surface area contributed by atoms with Gasteiger partial charge >= 0.3 is 0 Å². The zero-order valence-electron chi connectivity index (χ0n) is 19.9. The normalized spacial score (nSPS) is 18.8. The van der Waals surface area contributed by atoms with Crippen LogP contribution in [0.5, 0.6) is 5.75 Å². The zero-order chi connectivity index (χ0) is 24.0. The van der Waals surface area contributed by atoms with Gasteiger partial charge in [0, 0.05) is 24.7 Å². The first-order valence-corrected chi connectivity index (χ1v) is 13.6. The van der Waals surface area contributed by atoms with Crippen LogP contribution in [0, 0.1) is 11.8 Å². The molecule has 9 heteroatoms. The van der Waals surface area contributed by atoms with Gasteiger partial charge < -0.3 is 15.4 Å². The van der Waals surface area contributed by atoms with Crippen molar-refractivity contribution in [2.75, 3.05) is 25.0 Å². The highest BCUT2D eigenvalue weighted by Gasteiger charge is 2.32.